The molecule has 0 fully saturated rings. The van der Waals surface area contributed by atoms with Crippen LogP contribution in [-0.4, -0.2) is 24.0 Å². The maximum atomic E-state index is 10.8. The molecule has 0 saturated carbocycles. The Morgan fingerprint density at radius 3 is 2.82 bits per heavy atom. The van der Waals surface area contributed by atoms with Crippen LogP contribution < -0.4 is 16.8 Å². The van der Waals surface area contributed by atoms with Crippen molar-refractivity contribution in [3.8, 4) is 0 Å². The van der Waals surface area contributed by atoms with Crippen molar-refractivity contribution < 1.29 is 4.79 Å². The molecule has 0 aromatic carbocycles. The molecule has 5 nitrogen and oxygen atoms in total. The monoisotopic (exact) mass is 236 g/mol. The Hall–Kier alpha value is -1.62. The van der Waals surface area contributed by atoms with E-state index in [-0.39, 0.29) is 0 Å². The zero-order valence-electron chi connectivity index (χ0n) is 10.1. The Balaban J connectivity index is 2.30. The molecule has 0 bridgehead atoms. The van der Waals surface area contributed by atoms with E-state index in [0.29, 0.717) is 11.5 Å². The van der Waals surface area contributed by atoms with E-state index in [1.165, 1.54) is 6.20 Å². The van der Waals surface area contributed by atoms with Crippen molar-refractivity contribution in [2.75, 3.05) is 18.4 Å². The molecule has 5 N–H and O–H groups in total. The highest BCUT2D eigenvalue weighted by atomic mass is 16.1. The number of carbonyl (C=O) groups excluding carboxylic acids is 1. The highest BCUT2D eigenvalue weighted by molar-refractivity contribution is 5.92. The van der Waals surface area contributed by atoms with Crippen LogP contribution in [0.4, 0.5) is 5.82 Å². The maximum absolute atomic E-state index is 10.8. The molecule has 0 aliphatic heterocycles. The van der Waals surface area contributed by atoms with Crippen LogP contribution in [0.5, 0.6) is 0 Å². The van der Waals surface area contributed by atoms with Crippen LogP contribution in [0.2, 0.25) is 0 Å². The third-order valence-electron chi connectivity index (χ3n) is 2.63. The lowest BCUT2D eigenvalue weighted by Crippen LogP contribution is -2.13. The van der Waals surface area contributed by atoms with Crippen LogP contribution in [0.15, 0.2) is 18.3 Å². The van der Waals surface area contributed by atoms with E-state index in [0.717, 1.165) is 31.7 Å². The molecular weight excluding hydrogens is 216 g/mol. The fourth-order valence-corrected chi connectivity index (χ4v) is 1.43. The minimum Gasteiger partial charge on any atom is -0.370 e. The molecule has 1 heterocycles. The molecule has 1 atom stereocenters. The maximum Gasteiger partial charge on any atom is 0.250 e. The average molecular weight is 236 g/mol. The van der Waals surface area contributed by atoms with Gasteiger partial charge in [0, 0.05) is 12.7 Å². The summed E-state index contributed by atoms with van der Waals surface area (Å²) in [6.07, 6.45) is 3.63. The van der Waals surface area contributed by atoms with Crippen molar-refractivity contribution in [1.82, 2.24) is 4.98 Å². The van der Waals surface area contributed by atoms with Gasteiger partial charge in [-0.15, -0.1) is 0 Å². The van der Waals surface area contributed by atoms with Gasteiger partial charge in [-0.1, -0.05) is 6.92 Å². The van der Waals surface area contributed by atoms with E-state index in [2.05, 4.69) is 17.2 Å². The number of nitrogens with two attached hydrogens (primary N) is 2. The molecule has 94 valence electrons. The molecule has 1 amide bonds. The van der Waals surface area contributed by atoms with E-state index in [4.69, 9.17) is 11.5 Å². The van der Waals surface area contributed by atoms with Crippen LogP contribution in [0, 0.1) is 5.92 Å². The molecule has 1 aromatic rings. The Morgan fingerprint density at radius 1 is 1.53 bits per heavy atom. The van der Waals surface area contributed by atoms with Gasteiger partial charge in [-0.3, -0.25) is 4.79 Å². The van der Waals surface area contributed by atoms with Crippen molar-refractivity contribution in [3.63, 3.8) is 0 Å². The number of hydrogen-bond donors (Lipinski definition) is 3. The summed E-state index contributed by atoms with van der Waals surface area (Å²) in [6, 6.07) is 3.42. The number of anilines is 1. The molecule has 5 heteroatoms. The van der Waals surface area contributed by atoms with Gasteiger partial charge in [0.1, 0.15) is 5.82 Å². The van der Waals surface area contributed by atoms with Gasteiger partial charge in [-0.05, 0) is 37.4 Å². The summed E-state index contributed by atoms with van der Waals surface area (Å²) in [5.74, 6) is 0.859. The average Bonchev–Trinajstić information content (AvgIpc) is 2.34. The highest BCUT2D eigenvalue weighted by Gasteiger charge is 2.01. The number of carbonyl (C=O) groups is 1. The first-order chi connectivity index (χ1) is 8.13. The summed E-state index contributed by atoms with van der Waals surface area (Å²) in [5, 5.41) is 3.19. The van der Waals surface area contributed by atoms with Crippen molar-refractivity contribution >= 4 is 11.7 Å². The predicted octanol–water partition coefficient (Wildman–Crippen LogP) is 0.967. The van der Waals surface area contributed by atoms with Gasteiger partial charge in [-0.2, -0.15) is 0 Å². The van der Waals surface area contributed by atoms with E-state index < -0.39 is 5.91 Å². The van der Waals surface area contributed by atoms with E-state index >= 15 is 0 Å². The normalized spacial score (nSPS) is 12.1. The Labute approximate surface area is 102 Å². The fourth-order valence-electron chi connectivity index (χ4n) is 1.43. The lowest BCUT2D eigenvalue weighted by Gasteiger charge is -2.09. The van der Waals surface area contributed by atoms with Crippen LogP contribution in [0.25, 0.3) is 0 Å². The van der Waals surface area contributed by atoms with Crippen LogP contribution in [0.1, 0.15) is 30.1 Å². The Bertz CT molecular complexity index is 350. The second-order valence-corrected chi connectivity index (χ2v) is 4.21. The van der Waals surface area contributed by atoms with Crippen molar-refractivity contribution in [2.45, 2.75) is 19.8 Å². The van der Waals surface area contributed by atoms with Gasteiger partial charge >= 0.3 is 0 Å². The van der Waals surface area contributed by atoms with Gasteiger partial charge in [0.25, 0.3) is 0 Å². The van der Waals surface area contributed by atoms with Gasteiger partial charge in [-0.25, -0.2) is 4.98 Å². The lowest BCUT2D eigenvalue weighted by molar-refractivity contribution is 0.1000. The number of primary amides is 1. The minimum atomic E-state index is -0.458. The standard InChI is InChI=1S/C12H20N4O/c1-9(7-13)3-2-6-15-11-5-4-10(8-16-11)12(14)17/h4-5,8-9H,2-3,6-7,13H2,1H3,(H2,14,17)(H,15,16). The van der Waals surface area contributed by atoms with Crippen molar-refractivity contribution in [2.24, 2.45) is 17.4 Å². The highest BCUT2D eigenvalue weighted by Crippen LogP contribution is 2.07. The van der Waals surface area contributed by atoms with E-state index in [1.54, 1.807) is 12.1 Å². The van der Waals surface area contributed by atoms with E-state index in [9.17, 15) is 4.79 Å². The van der Waals surface area contributed by atoms with Gasteiger partial charge in [0.2, 0.25) is 5.91 Å². The number of nitrogens with one attached hydrogen (secondary N) is 1. The largest absolute Gasteiger partial charge is 0.370 e. The molecule has 0 saturated heterocycles. The zero-order valence-corrected chi connectivity index (χ0v) is 10.1. The topological polar surface area (TPSA) is 94.0 Å². The third kappa shape index (κ3) is 4.82. The number of hydrogen-bond acceptors (Lipinski definition) is 4. The van der Waals surface area contributed by atoms with Crippen molar-refractivity contribution in [3.05, 3.63) is 23.9 Å². The Morgan fingerprint density at radius 2 is 2.29 bits per heavy atom. The number of pyridine rings is 1. The van der Waals surface area contributed by atoms with Crippen LogP contribution in [-0.2, 0) is 0 Å². The second-order valence-electron chi connectivity index (χ2n) is 4.21. The lowest BCUT2D eigenvalue weighted by atomic mass is 10.1. The molecule has 0 aliphatic carbocycles. The first-order valence-corrected chi connectivity index (χ1v) is 5.83. The molecule has 1 rings (SSSR count). The summed E-state index contributed by atoms with van der Waals surface area (Å²) >= 11 is 0. The van der Waals surface area contributed by atoms with Gasteiger partial charge in [0.05, 0.1) is 5.56 Å². The van der Waals surface area contributed by atoms with Gasteiger partial charge < -0.3 is 16.8 Å². The molecule has 0 aliphatic rings. The number of amides is 1. The smallest absolute Gasteiger partial charge is 0.250 e. The van der Waals surface area contributed by atoms with Gasteiger partial charge in [0.15, 0.2) is 0 Å². The SMILES string of the molecule is CC(CN)CCCNc1ccc(C(N)=O)cn1. The zero-order chi connectivity index (χ0) is 12.7. The van der Waals surface area contributed by atoms with Crippen LogP contribution >= 0.6 is 0 Å². The molecule has 1 aromatic heterocycles. The van der Waals surface area contributed by atoms with E-state index in [1.807, 2.05) is 0 Å². The minimum absolute atomic E-state index is 0.423. The summed E-state index contributed by atoms with van der Waals surface area (Å²) in [7, 11) is 0. The van der Waals surface area contributed by atoms with Crippen LogP contribution in [0.3, 0.4) is 0 Å². The predicted molar refractivity (Wildman–Crippen MR) is 68.7 cm³/mol. The number of rotatable bonds is 7. The summed E-state index contributed by atoms with van der Waals surface area (Å²) in [5.41, 5.74) is 11.1. The second kappa shape index (κ2) is 6.85. The quantitative estimate of drug-likeness (QED) is 0.615. The third-order valence-corrected chi connectivity index (χ3v) is 2.63. The molecule has 1 unspecified atom stereocenters. The summed E-state index contributed by atoms with van der Waals surface area (Å²) in [4.78, 5) is 14.9. The first-order valence-electron chi connectivity index (χ1n) is 5.83. The first kappa shape index (κ1) is 13.4. The Kier molecular flexibility index (Phi) is 5.42. The summed E-state index contributed by atoms with van der Waals surface area (Å²) < 4.78 is 0. The number of aromatic nitrogens is 1. The van der Waals surface area contributed by atoms with Crippen molar-refractivity contribution in [1.29, 1.82) is 0 Å². The molecule has 17 heavy (non-hydrogen) atoms. The number of nitrogens with zero attached hydrogens (tertiary/aromatic N) is 1. The summed E-state index contributed by atoms with van der Waals surface area (Å²) in [6.45, 7) is 3.72. The molecule has 0 radical (unpaired) electrons. The molecule has 0 spiro atoms. The molecular formula is C12H20N4O. The fraction of sp³-hybridized carbons (Fsp3) is 0.500.